The Kier molecular flexibility index (Phi) is 7.46. The molecule has 0 fully saturated rings. The molecule has 0 aromatic heterocycles. The number of rotatable bonds is 7. The van der Waals surface area contributed by atoms with Crippen molar-refractivity contribution in [1.29, 1.82) is 0 Å². The number of ether oxygens (including phenoxy) is 1. The quantitative estimate of drug-likeness (QED) is 0.736. The minimum atomic E-state index is 0.186. The molecule has 0 amide bonds. The summed E-state index contributed by atoms with van der Waals surface area (Å²) in [4.78, 5) is 0. The normalized spacial score (nSPS) is 16.7. The predicted molar refractivity (Wildman–Crippen MR) is 81.0 cm³/mol. The zero-order chi connectivity index (χ0) is 14.4. The van der Waals surface area contributed by atoms with E-state index >= 15 is 0 Å². The summed E-state index contributed by atoms with van der Waals surface area (Å²) in [5.41, 5.74) is 0.618. The van der Waals surface area contributed by atoms with E-state index in [2.05, 4.69) is 60.8 Å². The molecule has 0 bridgehead atoms. The second-order valence-corrected chi connectivity index (χ2v) is 7.59. The highest BCUT2D eigenvalue weighted by Crippen LogP contribution is 2.29. The van der Waals surface area contributed by atoms with Crippen LogP contribution in [0.2, 0.25) is 0 Å². The van der Waals surface area contributed by atoms with E-state index in [9.17, 15) is 0 Å². The van der Waals surface area contributed by atoms with Crippen molar-refractivity contribution in [2.75, 3.05) is 13.7 Å². The number of likely N-dealkylation sites (N-methyl/N-ethyl adjacent to an activating group) is 1. The Labute approximate surface area is 115 Å². The van der Waals surface area contributed by atoms with Gasteiger partial charge in [0.1, 0.15) is 0 Å². The van der Waals surface area contributed by atoms with Gasteiger partial charge in [-0.25, -0.2) is 0 Å². The van der Waals surface area contributed by atoms with E-state index in [0.29, 0.717) is 11.5 Å². The Balaban J connectivity index is 4.43. The van der Waals surface area contributed by atoms with Gasteiger partial charge in [-0.2, -0.15) is 0 Å². The standard InChI is InChI=1S/C16H35NO/c1-9-18-14(16(5,6)7)13(17-8)11-10-12-15(2,3)4/h13-14,17H,9-12H2,1-8H3. The molecule has 18 heavy (non-hydrogen) atoms. The third-order valence-electron chi connectivity index (χ3n) is 3.38. The van der Waals surface area contributed by atoms with Crippen LogP contribution in [-0.4, -0.2) is 25.8 Å². The van der Waals surface area contributed by atoms with Crippen LogP contribution >= 0.6 is 0 Å². The predicted octanol–water partition coefficient (Wildman–Crippen LogP) is 4.24. The number of nitrogens with one attached hydrogen (secondary N) is 1. The molecule has 0 radical (unpaired) electrons. The third kappa shape index (κ3) is 7.38. The maximum atomic E-state index is 5.98. The zero-order valence-electron chi connectivity index (χ0n) is 13.9. The van der Waals surface area contributed by atoms with Crippen LogP contribution < -0.4 is 5.32 Å². The van der Waals surface area contributed by atoms with Gasteiger partial charge in [0.05, 0.1) is 6.10 Å². The summed E-state index contributed by atoms with van der Waals surface area (Å²) in [5.74, 6) is 0. The molecule has 0 heterocycles. The van der Waals surface area contributed by atoms with E-state index < -0.39 is 0 Å². The molecule has 0 saturated heterocycles. The first-order valence-electron chi connectivity index (χ1n) is 7.40. The Morgan fingerprint density at radius 2 is 1.61 bits per heavy atom. The maximum Gasteiger partial charge on any atom is 0.0775 e. The monoisotopic (exact) mass is 257 g/mol. The molecule has 2 unspecified atom stereocenters. The SMILES string of the molecule is CCOC(C(CCCC(C)(C)C)NC)C(C)(C)C. The van der Waals surface area contributed by atoms with Crippen LogP contribution in [-0.2, 0) is 4.74 Å². The van der Waals surface area contributed by atoms with Crippen LogP contribution in [0.5, 0.6) is 0 Å². The first-order valence-corrected chi connectivity index (χ1v) is 7.40. The molecule has 0 aliphatic heterocycles. The average Bonchev–Trinajstić information content (AvgIpc) is 2.18. The fraction of sp³-hybridized carbons (Fsp3) is 1.00. The van der Waals surface area contributed by atoms with E-state index in [1.807, 2.05) is 0 Å². The first-order chi connectivity index (χ1) is 8.11. The van der Waals surface area contributed by atoms with Gasteiger partial charge in [0.2, 0.25) is 0 Å². The largest absolute Gasteiger partial charge is 0.376 e. The highest BCUT2D eigenvalue weighted by Gasteiger charge is 2.31. The summed E-state index contributed by atoms with van der Waals surface area (Å²) in [6.07, 6.45) is 4.01. The second kappa shape index (κ2) is 7.49. The molecule has 2 heteroatoms. The van der Waals surface area contributed by atoms with Crippen molar-refractivity contribution in [2.24, 2.45) is 10.8 Å². The van der Waals surface area contributed by atoms with Crippen molar-refractivity contribution in [3.05, 3.63) is 0 Å². The van der Waals surface area contributed by atoms with E-state index in [-0.39, 0.29) is 11.5 Å². The van der Waals surface area contributed by atoms with Crippen LogP contribution in [0.1, 0.15) is 67.7 Å². The van der Waals surface area contributed by atoms with Crippen LogP contribution in [0.25, 0.3) is 0 Å². The van der Waals surface area contributed by atoms with Crippen molar-refractivity contribution in [1.82, 2.24) is 5.32 Å². The molecule has 0 aromatic carbocycles. The van der Waals surface area contributed by atoms with Gasteiger partial charge in [-0.15, -0.1) is 0 Å². The Bertz CT molecular complexity index is 212. The average molecular weight is 257 g/mol. The summed E-state index contributed by atoms with van der Waals surface area (Å²) in [7, 11) is 2.06. The fourth-order valence-corrected chi connectivity index (χ4v) is 2.45. The van der Waals surface area contributed by atoms with Gasteiger partial charge in [0, 0.05) is 12.6 Å². The van der Waals surface area contributed by atoms with E-state index in [1.165, 1.54) is 19.3 Å². The van der Waals surface area contributed by atoms with Gasteiger partial charge in [-0.1, -0.05) is 48.0 Å². The molecule has 0 aliphatic carbocycles. The summed E-state index contributed by atoms with van der Waals surface area (Å²) in [6, 6.07) is 0.451. The molecule has 0 saturated carbocycles. The minimum absolute atomic E-state index is 0.186. The fourth-order valence-electron chi connectivity index (χ4n) is 2.45. The molecule has 110 valence electrons. The van der Waals surface area contributed by atoms with Crippen LogP contribution in [0.4, 0.5) is 0 Å². The number of hydrogen-bond acceptors (Lipinski definition) is 2. The molecule has 2 atom stereocenters. The summed E-state index contributed by atoms with van der Waals surface area (Å²) in [6.45, 7) is 16.6. The Morgan fingerprint density at radius 1 is 1.06 bits per heavy atom. The zero-order valence-corrected chi connectivity index (χ0v) is 13.9. The van der Waals surface area contributed by atoms with Crippen molar-refractivity contribution in [3.8, 4) is 0 Å². The minimum Gasteiger partial charge on any atom is -0.376 e. The van der Waals surface area contributed by atoms with Gasteiger partial charge in [-0.05, 0) is 37.6 Å². The van der Waals surface area contributed by atoms with E-state index in [4.69, 9.17) is 4.74 Å². The van der Waals surface area contributed by atoms with Crippen LogP contribution in [0.15, 0.2) is 0 Å². The van der Waals surface area contributed by atoms with Gasteiger partial charge < -0.3 is 10.1 Å². The lowest BCUT2D eigenvalue weighted by atomic mass is 9.81. The van der Waals surface area contributed by atoms with E-state index in [1.54, 1.807) is 0 Å². The topological polar surface area (TPSA) is 21.3 Å². The summed E-state index contributed by atoms with van der Waals surface area (Å²) in [5, 5.41) is 3.45. The van der Waals surface area contributed by atoms with Crippen LogP contribution in [0, 0.1) is 10.8 Å². The van der Waals surface area contributed by atoms with Gasteiger partial charge in [-0.3, -0.25) is 0 Å². The molecule has 2 nitrogen and oxygen atoms in total. The van der Waals surface area contributed by atoms with Crippen molar-refractivity contribution < 1.29 is 4.74 Å². The Hall–Kier alpha value is -0.0800. The lowest BCUT2D eigenvalue weighted by Crippen LogP contribution is -2.47. The summed E-state index contributed by atoms with van der Waals surface area (Å²) >= 11 is 0. The van der Waals surface area contributed by atoms with Crippen molar-refractivity contribution >= 4 is 0 Å². The second-order valence-electron chi connectivity index (χ2n) is 7.59. The van der Waals surface area contributed by atoms with Gasteiger partial charge in [0.25, 0.3) is 0 Å². The van der Waals surface area contributed by atoms with Crippen molar-refractivity contribution in [2.45, 2.75) is 79.9 Å². The molecule has 0 spiro atoms. The molecular formula is C16H35NO. The van der Waals surface area contributed by atoms with Crippen LogP contribution in [0.3, 0.4) is 0 Å². The molecule has 0 aliphatic rings. The molecule has 0 rings (SSSR count). The highest BCUT2D eigenvalue weighted by molar-refractivity contribution is 4.86. The maximum absolute atomic E-state index is 5.98. The Morgan fingerprint density at radius 3 is 1.94 bits per heavy atom. The molecular weight excluding hydrogens is 222 g/mol. The van der Waals surface area contributed by atoms with Gasteiger partial charge in [0.15, 0.2) is 0 Å². The number of hydrogen-bond donors (Lipinski definition) is 1. The first kappa shape index (κ1) is 17.9. The highest BCUT2D eigenvalue weighted by atomic mass is 16.5. The smallest absolute Gasteiger partial charge is 0.0775 e. The third-order valence-corrected chi connectivity index (χ3v) is 3.38. The molecule has 0 aromatic rings. The molecule has 1 N–H and O–H groups in total. The summed E-state index contributed by atoms with van der Waals surface area (Å²) < 4.78 is 5.98. The lowest BCUT2D eigenvalue weighted by molar-refractivity contribution is -0.0366. The van der Waals surface area contributed by atoms with Crippen molar-refractivity contribution in [3.63, 3.8) is 0 Å². The lowest BCUT2D eigenvalue weighted by Gasteiger charge is -2.37. The van der Waals surface area contributed by atoms with Gasteiger partial charge >= 0.3 is 0 Å². The van der Waals surface area contributed by atoms with E-state index in [0.717, 1.165) is 6.61 Å².